The highest BCUT2D eigenvalue weighted by Gasteiger charge is 2.24. The minimum absolute atomic E-state index is 0.269. The number of rotatable bonds is 7. The van der Waals surface area contributed by atoms with Gasteiger partial charge in [-0.2, -0.15) is 0 Å². The Kier molecular flexibility index (Phi) is 6.53. The molecule has 0 aromatic heterocycles. The van der Waals surface area contributed by atoms with Crippen LogP contribution in [0.1, 0.15) is 40.5 Å². The zero-order valence-corrected chi connectivity index (χ0v) is 11.4. The SMILES string of the molecule is CC(C)(CCN)SSC(C)(C)CCN. The van der Waals surface area contributed by atoms with Crippen LogP contribution in [0.3, 0.4) is 0 Å². The molecule has 4 N–H and O–H groups in total. The van der Waals surface area contributed by atoms with Gasteiger partial charge in [-0.05, 0) is 53.6 Å². The van der Waals surface area contributed by atoms with Gasteiger partial charge >= 0.3 is 0 Å². The zero-order valence-electron chi connectivity index (χ0n) is 9.80. The second-order valence-electron chi connectivity index (χ2n) is 4.76. The van der Waals surface area contributed by atoms with Crippen LogP contribution < -0.4 is 11.5 Å². The van der Waals surface area contributed by atoms with Crippen LogP contribution in [0, 0.1) is 0 Å². The maximum absolute atomic E-state index is 5.57. The van der Waals surface area contributed by atoms with Gasteiger partial charge in [-0.25, -0.2) is 0 Å². The standard InChI is InChI=1S/C10H24N2S2/c1-9(2,5-7-11)13-14-10(3,4)6-8-12/h5-8,11-12H2,1-4H3. The molecule has 0 fully saturated rings. The minimum atomic E-state index is 0.269. The van der Waals surface area contributed by atoms with Crippen LogP contribution in [0.15, 0.2) is 0 Å². The molecule has 0 saturated heterocycles. The Morgan fingerprint density at radius 2 is 1.07 bits per heavy atom. The summed E-state index contributed by atoms with van der Waals surface area (Å²) in [6, 6.07) is 0. The lowest BCUT2D eigenvalue weighted by atomic mass is 10.1. The van der Waals surface area contributed by atoms with Gasteiger partial charge in [-0.15, -0.1) is 0 Å². The molecule has 0 spiro atoms. The smallest absolute Gasteiger partial charge is 0.0219 e. The molecule has 0 rings (SSSR count). The fourth-order valence-electron chi connectivity index (χ4n) is 1.00. The second kappa shape index (κ2) is 6.26. The summed E-state index contributed by atoms with van der Waals surface area (Å²) >= 11 is 0. The summed E-state index contributed by atoms with van der Waals surface area (Å²) in [5.41, 5.74) is 11.1. The Morgan fingerprint density at radius 1 is 0.786 bits per heavy atom. The van der Waals surface area contributed by atoms with E-state index in [1.54, 1.807) is 0 Å². The van der Waals surface area contributed by atoms with Gasteiger partial charge in [0.25, 0.3) is 0 Å². The first kappa shape index (κ1) is 14.6. The Bertz CT molecular complexity index is 140. The van der Waals surface area contributed by atoms with E-state index in [9.17, 15) is 0 Å². The van der Waals surface area contributed by atoms with Crippen LogP contribution >= 0.6 is 21.6 Å². The van der Waals surface area contributed by atoms with E-state index in [0.29, 0.717) is 0 Å². The lowest BCUT2D eigenvalue weighted by Crippen LogP contribution is -2.23. The van der Waals surface area contributed by atoms with Gasteiger partial charge < -0.3 is 11.5 Å². The van der Waals surface area contributed by atoms with Crippen molar-refractivity contribution in [3.63, 3.8) is 0 Å². The van der Waals surface area contributed by atoms with Crippen molar-refractivity contribution in [2.24, 2.45) is 11.5 Å². The lowest BCUT2D eigenvalue weighted by molar-refractivity contribution is 0.646. The van der Waals surface area contributed by atoms with Crippen molar-refractivity contribution in [3.8, 4) is 0 Å². The van der Waals surface area contributed by atoms with Gasteiger partial charge in [0.15, 0.2) is 0 Å². The molecule has 0 amide bonds. The first-order valence-corrected chi connectivity index (χ1v) is 7.25. The minimum Gasteiger partial charge on any atom is -0.330 e. The first-order chi connectivity index (χ1) is 6.33. The van der Waals surface area contributed by atoms with Crippen molar-refractivity contribution in [2.75, 3.05) is 13.1 Å². The molecule has 0 saturated carbocycles. The summed E-state index contributed by atoms with van der Waals surface area (Å²) in [5.74, 6) is 0. The molecular weight excluding hydrogens is 212 g/mol. The maximum Gasteiger partial charge on any atom is 0.0219 e. The Labute approximate surface area is 96.3 Å². The van der Waals surface area contributed by atoms with Gasteiger partial charge in [0.05, 0.1) is 0 Å². The molecular formula is C10H24N2S2. The summed E-state index contributed by atoms with van der Waals surface area (Å²) in [6.07, 6.45) is 2.12. The quantitative estimate of drug-likeness (QED) is 0.667. The van der Waals surface area contributed by atoms with Gasteiger partial charge in [-0.1, -0.05) is 21.6 Å². The summed E-state index contributed by atoms with van der Waals surface area (Å²) in [4.78, 5) is 0. The van der Waals surface area contributed by atoms with Crippen LogP contribution in [-0.4, -0.2) is 22.6 Å². The zero-order chi connectivity index (χ0) is 11.2. The van der Waals surface area contributed by atoms with Crippen molar-refractivity contribution < 1.29 is 0 Å². The van der Waals surface area contributed by atoms with Gasteiger partial charge in [0.2, 0.25) is 0 Å². The molecule has 0 heterocycles. The fraction of sp³-hybridized carbons (Fsp3) is 1.00. The normalized spacial score (nSPS) is 13.3. The Morgan fingerprint density at radius 3 is 1.29 bits per heavy atom. The van der Waals surface area contributed by atoms with Crippen LogP contribution in [0.2, 0.25) is 0 Å². The largest absolute Gasteiger partial charge is 0.330 e. The van der Waals surface area contributed by atoms with E-state index in [0.717, 1.165) is 25.9 Å². The van der Waals surface area contributed by atoms with E-state index >= 15 is 0 Å². The van der Waals surface area contributed by atoms with Crippen LogP contribution in [0.25, 0.3) is 0 Å². The first-order valence-electron chi connectivity index (χ1n) is 5.10. The van der Waals surface area contributed by atoms with Crippen molar-refractivity contribution >= 4 is 21.6 Å². The molecule has 0 aliphatic heterocycles. The van der Waals surface area contributed by atoms with Crippen molar-refractivity contribution in [1.82, 2.24) is 0 Å². The molecule has 2 nitrogen and oxygen atoms in total. The monoisotopic (exact) mass is 236 g/mol. The van der Waals surface area contributed by atoms with Crippen molar-refractivity contribution in [3.05, 3.63) is 0 Å². The second-order valence-corrected chi connectivity index (χ2v) is 8.31. The molecule has 14 heavy (non-hydrogen) atoms. The molecule has 0 unspecified atom stereocenters. The predicted octanol–water partition coefficient (Wildman–Crippen LogP) is 2.62. The van der Waals surface area contributed by atoms with Crippen LogP contribution in [0.4, 0.5) is 0 Å². The Balaban J connectivity index is 3.90. The number of hydrogen-bond donors (Lipinski definition) is 2. The molecule has 0 bridgehead atoms. The summed E-state index contributed by atoms with van der Waals surface area (Å²) in [5, 5.41) is 0. The molecule has 0 aliphatic carbocycles. The van der Waals surface area contributed by atoms with E-state index in [-0.39, 0.29) is 9.49 Å². The highest BCUT2D eigenvalue weighted by molar-refractivity contribution is 8.77. The van der Waals surface area contributed by atoms with E-state index in [4.69, 9.17) is 11.5 Å². The molecule has 0 atom stereocenters. The molecule has 0 aliphatic rings. The average molecular weight is 236 g/mol. The third kappa shape index (κ3) is 6.98. The van der Waals surface area contributed by atoms with Gasteiger partial charge in [0, 0.05) is 9.49 Å². The summed E-state index contributed by atoms with van der Waals surface area (Å²) in [6.45, 7) is 10.5. The van der Waals surface area contributed by atoms with Crippen molar-refractivity contribution in [2.45, 2.75) is 50.0 Å². The van der Waals surface area contributed by atoms with Crippen LogP contribution in [0.5, 0.6) is 0 Å². The molecule has 0 aromatic rings. The molecule has 86 valence electrons. The van der Waals surface area contributed by atoms with E-state index in [1.807, 2.05) is 21.6 Å². The highest BCUT2D eigenvalue weighted by Crippen LogP contribution is 2.45. The van der Waals surface area contributed by atoms with E-state index < -0.39 is 0 Å². The van der Waals surface area contributed by atoms with Crippen molar-refractivity contribution in [1.29, 1.82) is 0 Å². The Hall–Kier alpha value is 0.620. The van der Waals surface area contributed by atoms with Gasteiger partial charge in [-0.3, -0.25) is 0 Å². The topological polar surface area (TPSA) is 52.0 Å². The molecule has 4 heteroatoms. The highest BCUT2D eigenvalue weighted by atomic mass is 33.1. The molecule has 0 radical (unpaired) electrons. The molecule has 0 aromatic carbocycles. The summed E-state index contributed by atoms with van der Waals surface area (Å²) < 4.78 is 0.538. The third-order valence-corrected chi connectivity index (χ3v) is 6.34. The van der Waals surface area contributed by atoms with E-state index in [1.165, 1.54) is 0 Å². The summed E-state index contributed by atoms with van der Waals surface area (Å²) in [7, 11) is 3.86. The van der Waals surface area contributed by atoms with E-state index in [2.05, 4.69) is 27.7 Å². The number of hydrogen-bond acceptors (Lipinski definition) is 4. The average Bonchev–Trinajstić information content (AvgIpc) is 2.01. The lowest BCUT2D eigenvalue weighted by Gasteiger charge is -2.29. The number of nitrogens with two attached hydrogens (primary N) is 2. The predicted molar refractivity (Wildman–Crippen MR) is 70.7 cm³/mol. The fourth-order valence-corrected chi connectivity index (χ4v) is 3.71. The third-order valence-electron chi connectivity index (χ3n) is 1.99. The van der Waals surface area contributed by atoms with Gasteiger partial charge in [0.1, 0.15) is 0 Å². The van der Waals surface area contributed by atoms with Crippen LogP contribution in [-0.2, 0) is 0 Å². The maximum atomic E-state index is 5.57.